The third-order valence-electron chi connectivity index (χ3n) is 4.37. The molecule has 0 aliphatic carbocycles. The highest BCUT2D eigenvalue weighted by Gasteiger charge is 2.35. The maximum absolute atomic E-state index is 13.4. The lowest BCUT2D eigenvalue weighted by atomic mass is 10.0. The van der Waals surface area contributed by atoms with Gasteiger partial charge in [-0.2, -0.15) is 10.5 Å². The van der Waals surface area contributed by atoms with E-state index in [1.165, 1.54) is 0 Å². The fraction of sp³-hybridized carbons (Fsp3) is 0.333. The number of benzene rings is 2. The normalized spacial score (nSPS) is 17.8. The molecule has 2 unspecified atom stereocenters. The molecule has 1 N–H and O–H groups in total. The van der Waals surface area contributed by atoms with Crippen molar-refractivity contribution in [2.75, 3.05) is 13.1 Å². The summed E-state index contributed by atoms with van der Waals surface area (Å²) in [6, 6.07) is 13.3. The molecule has 0 saturated carbocycles. The molecule has 1 aliphatic rings. The van der Waals surface area contributed by atoms with Gasteiger partial charge in [-0.15, -0.1) is 0 Å². The Morgan fingerprint density at radius 2 is 2.00 bits per heavy atom. The number of halogens is 1. The van der Waals surface area contributed by atoms with Gasteiger partial charge in [0, 0.05) is 12.0 Å². The summed E-state index contributed by atoms with van der Waals surface area (Å²) in [4.78, 5) is 25.8. The zero-order valence-corrected chi connectivity index (χ0v) is 15.8. The third kappa shape index (κ3) is 4.44. The first-order valence-corrected chi connectivity index (χ1v) is 9.07. The van der Waals surface area contributed by atoms with Crippen LogP contribution in [0.5, 0.6) is 0 Å². The van der Waals surface area contributed by atoms with Crippen LogP contribution in [0, 0.1) is 22.7 Å². The number of fused-ring (bicyclic) bond motifs is 1. The van der Waals surface area contributed by atoms with Gasteiger partial charge in [0.05, 0.1) is 30.8 Å². The Kier molecular flexibility index (Phi) is 7.06. The minimum Gasteiger partial charge on any atom is -0.343 e. The molecule has 6 nitrogen and oxygen atoms in total. The maximum Gasteiger partial charge on any atom is 0.252 e. The van der Waals surface area contributed by atoms with Crippen LogP contribution in [0.2, 0.25) is 0 Å². The molecule has 1 heterocycles. The number of likely N-dealkylation sites (tertiary alicyclic amines) is 1. The highest BCUT2D eigenvalue weighted by molar-refractivity contribution is 6.08. The molecule has 2 aromatic rings. The zero-order valence-electron chi connectivity index (χ0n) is 15.8. The monoisotopic (exact) mass is 380 g/mol. The smallest absolute Gasteiger partial charge is 0.252 e. The maximum atomic E-state index is 13.4. The average Bonchev–Trinajstić information content (AvgIpc) is 3.13. The standard InChI is InChI=1S/C19H15FN4O2.C2H6/c20-14-7-15(9-22)24(11-14)18(25)10-23-19(26)17-3-1-2-13-6-12(8-21)4-5-16(13)17;1-2/h1-6,14-15H,7,10-11H2,(H,23,26);1-2H3. The first-order chi connectivity index (χ1) is 13.5. The van der Waals surface area contributed by atoms with Crippen molar-refractivity contribution < 1.29 is 14.0 Å². The number of rotatable bonds is 3. The van der Waals surface area contributed by atoms with Crippen LogP contribution in [0.4, 0.5) is 4.39 Å². The SMILES string of the molecule is CC.N#Cc1ccc2c(C(=O)NCC(=O)N3CC(F)CC3C#N)cccc2c1. The highest BCUT2D eigenvalue weighted by Crippen LogP contribution is 2.21. The quantitative estimate of drug-likeness (QED) is 0.885. The molecule has 0 radical (unpaired) electrons. The molecule has 2 amide bonds. The van der Waals surface area contributed by atoms with Gasteiger partial charge in [-0.25, -0.2) is 4.39 Å². The minimum atomic E-state index is -1.22. The first kappa shape index (κ1) is 20.9. The predicted molar refractivity (Wildman–Crippen MR) is 103 cm³/mol. The zero-order chi connectivity index (χ0) is 20.7. The molecule has 144 valence electrons. The molecule has 1 fully saturated rings. The molecule has 3 rings (SSSR count). The van der Waals surface area contributed by atoms with Crippen LogP contribution in [0.15, 0.2) is 36.4 Å². The number of nitrogens with zero attached hydrogens (tertiary/aromatic N) is 3. The van der Waals surface area contributed by atoms with E-state index in [4.69, 9.17) is 10.5 Å². The summed E-state index contributed by atoms with van der Waals surface area (Å²) in [5.41, 5.74) is 0.865. The Labute approximate surface area is 163 Å². The number of hydrogen-bond donors (Lipinski definition) is 1. The van der Waals surface area contributed by atoms with E-state index in [-0.39, 0.29) is 19.5 Å². The van der Waals surface area contributed by atoms with E-state index < -0.39 is 24.0 Å². The lowest BCUT2D eigenvalue weighted by Crippen LogP contribution is -2.42. The van der Waals surface area contributed by atoms with Crippen LogP contribution in [0.25, 0.3) is 10.8 Å². The second kappa shape index (κ2) is 9.48. The van der Waals surface area contributed by atoms with Gasteiger partial charge in [-0.1, -0.05) is 32.0 Å². The van der Waals surface area contributed by atoms with Gasteiger partial charge in [-0.3, -0.25) is 9.59 Å². The van der Waals surface area contributed by atoms with Crippen molar-refractivity contribution >= 4 is 22.6 Å². The number of nitriles is 2. The Morgan fingerprint density at radius 3 is 2.68 bits per heavy atom. The van der Waals surface area contributed by atoms with Gasteiger partial charge in [0.1, 0.15) is 12.2 Å². The molecule has 0 aromatic heterocycles. The predicted octanol–water partition coefficient (Wildman–Crippen LogP) is 2.93. The summed E-state index contributed by atoms with van der Waals surface area (Å²) in [7, 11) is 0. The first-order valence-electron chi connectivity index (χ1n) is 9.07. The van der Waals surface area contributed by atoms with Gasteiger partial charge in [0.2, 0.25) is 5.91 Å². The number of nitrogens with one attached hydrogen (secondary N) is 1. The van der Waals surface area contributed by atoms with Crippen LogP contribution >= 0.6 is 0 Å². The van der Waals surface area contributed by atoms with Crippen LogP contribution in [0.3, 0.4) is 0 Å². The molecule has 2 aromatic carbocycles. The van der Waals surface area contributed by atoms with Crippen molar-refractivity contribution in [3.63, 3.8) is 0 Å². The molecule has 0 bridgehead atoms. The van der Waals surface area contributed by atoms with Gasteiger partial charge < -0.3 is 10.2 Å². The summed E-state index contributed by atoms with van der Waals surface area (Å²) in [5.74, 6) is -0.935. The number of amides is 2. The lowest BCUT2D eigenvalue weighted by Gasteiger charge is -2.19. The van der Waals surface area contributed by atoms with E-state index in [2.05, 4.69) is 5.32 Å². The molecule has 28 heavy (non-hydrogen) atoms. The minimum absolute atomic E-state index is 0.000729. The summed E-state index contributed by atoms with van der Waals surface area (Å²) < 4.78 is 13.4. The van der Waals surface area contributed by atoms with Gasteiger partial charge in [0.25, 0.3) is 5.91 Å². The van der Waals surface area contributed by atoms with Crippen LogP contribution in [-0.2, 0) is 4.79 Å². The molecule has 0 spiro atoms. The van der Waals surface area contributed by atoms with Crippen molar-refractivity contribution in [2.45, 2.75) is 32.5 Å². The largest absolute Gasteiger partial charge is 0.343 e. The van der Waals surface area contributed by atoms with Crippen molar-refractivity contribution in [1.29, 1.82) is 10.5 Å². The fourth-order valence-corrected chi connectivity index (χ4v) is 3.09. The van der Waals surface area contributed by atoms with Crippen molar-refractivity contribution in [2.24, 2.45) is 0 Å². The molecule has 7 heteroatoms. The molecular formula is C21H21FN4O2. The van der Waals surface area contributed by atoms with Crippen molar-refractivity contribution in [1.82, 2.24) is 10.2 Å². The topological polar surface area (TPSA) is 97.0 Å². The number of carbonyl (C=O) groups is 2. The van der Waals surface area contributed by atoms with Crippen LogP contribution < -0.4 is 5.32 Å². The number of hydrogen-bond acceptors (Lipinski definition) is 4. The summed E-state index contributed by atoms with van der Waals surface area (Å²) >= 11 is 0. The third-order valence-corrected chi connectivity index (χ3v) is 4.37. The van der Waals surface area contributed by atoms with Crippen molar-refractivity contribution in [3.05, 3.63) is 47.5 Å². The molecule has 1 saturated heterocycles. The average molecular weight is 380 g/mol. The Morgan fingerprint density at radius 1 is 1.25 bits per heavy atom. The number of alkyl halides is 1. The summed E-state index contributed by atoms with van der Waals surface area (Å²) in [6.07, 6.45) is -1.22. The number of carbonyl (C=O) groups excluding carboxylic acids is 2. The molecular weight excluding hydrogens is 359 g/mol. The highest BCUT2D eigenvalue weighted by atomic mass is 19.1. The Balaban J connectivity index is 0.00000136. The van der Waals surface area contributed by atoms with Gasteiger partial charge in [0.15, 0.2) is 0 Å². The van der Waals surface area contributed by atoms with E-state index in [0.29, 0.717) is 16.5 Å². The van der Waals surface area contributed by atoms with E-state index in [1.807, 2.05) is 26.0 Å². The molecule has 1 aliphatic heterocycles. The summed E-state index contributed by atoms with van der Waals surface area (Å²) in [6.45, 7) is 3.56. The van der Waals surface area contributed by atoms with E-state index in [1.54, 1.807) is 36.4 Å². The van der Waals surface area contributed by atoms with Crippen LogP contribution in [-0.4, -0.2) is 42.0 Å². The second-order valence-corrected chi connectivity index (χ2v) is 6.06. The van der Waals surface area contributed by atoms with Crippen molar-refractivity contribution in [3.8, 4) is 12.1 Å². The van der Waals surface area contributed by atoms with E-state index in [0.717, 1.165) is 10.3 Å². The van der Waals surface area contributed by atoms with Gasteiger partial charge >= 0.3 is 0 Å². The Hall–Kier alpha value is -3.45. The Bertz CT molecular complexity index is 961. The fourth-order valence-electron chi connectivity index (χ4n) is 3.09. The lowest BCUT2D eigenvalue weighted by molar-refractivity contribution is -0.130. The molecule has 2 atom stereocenters. The summed E-state index contributed by atoms with van der Waals surface area (Å²) in [5, 5.41) is 21.9. The second-order valence-electron chi connectivity index (χ2n) is 6.06. The van der Waals surface area contributed by atoms with Gasteiger partial charge in [-0.05, 0) is 29.0 Å². The van der Waals surface area contributed by atoms with Crippen LogP contribution in [0.1, 0.15) is 36.2 Å². The van der Waals surface area contributed by atoms with E-state index >= 15 is 0 Å². The van der Waals surface area contributed by atoms with E-state index in [9.17, 15) is 14.0 Å².